The van der Waals surface area contributed by atoms with Crippen LogP contribution in [0.3, 0.4) is 0 Å². The van der Waals surface area contributed by atoms with Crippen molar-refractivity contribution < 1.29 is 9.47 Å². The minimum Gasteiger partial charge on any atom is -0.382 e. The molecule has 1 atom stereocenters. The van der Waals surface area contributed by atoms with Crippen LogP contribution < -0.4 is 10.6 Å². The second kappa shape index (κ2) is 14.7. The van der Waals surface area contributed by atoms with Gasteiger partial charge in [0, 0.05) is 45.5 Å². The lowest BCUT2D eigenvalue weighted by Crippen LogP contribution is -2.40. The molecule has 0 radical (unpaired) electrons. The molecule has 1 aromatic rings. The Labute approximate surface area is 167 Å². The van der Waals surface area contributed by atoms with Gasteiger partial charge in [0.2, 0.25) is 0 Å². The van der Waals surface area contributed by atoms with Crippen LogP contribution in [0.4, 0.5) is 0 Å². The molecule has 0 fully saturated rings. The second-order valence-corrected chi connectivity index (χ2v) is 5.50. The van der Waals surface area contributed by atoms with Crippen LogP contribution >= 0.6 is 35.6 Å². The maximum Gasteiger partial charge on any atom is 0.191 e. The quantitative estimate of drug-likeness (QED) is 0.238. The number of aliphatic imine (C=N–C) groups is 1. The number of rotatable bonds is 10. The third kappa shape index (κ3) is 9.66. The van der Waals surface area contributed by atoms with E-state index in [0.717, 1.165) is 44.1 Å². The first-order chi connectivity index (χ1) is 11.2. The van der Waals surface area contributed by atoms with Crippen molar-refractivity contribution in [1.82, 2.24) is 10.6 Å². The third-order valence-corrected chi connectivity index (χ3v) is 3.63. The first-order valence-corrected chi connectivity index (χ1v) is 8.39. The van der Waals surface area contributed by atoms with Gasteiger partial charge >= 0.3 is 0 Å². The van der Waals surface area contributed by atoms with Crippen LogP contribution in [0.1, 0.15) is 31.4 Å². The summed E-state index contributed by atoms with van der Waals surface area (Å²) in [6.07, 6.45) is 2.01. The smallest absolute Gasteiger partial charge is 0.191 e. The van der Waals surface area contributed by atoms with Crippen LogP contribution in [0.15, 0.2) is 29.3 Å². The van der Waals surface area contributed by atoms with E-state index in [1.165, 1.54) is 0 Å². The van der Waals surface area contributed by atoms with E-state index in [4.69, 9.17) is 21.1 Å². The van der Waals surface area contributed by atoms with Crippen LogP contribution in [0.5, 0.6) is 0 Å². The van der Waals surface area contributed by atoms with E-state index >= 15 is 0 Å². The lowest BCUT2D eigenvalue weighted by Gasteiger charge is -2.19. The molecule has 0 heterocycles. The van der Waals surface area contributed by atoms with Crippen molar-refractivity contribution in [2.24, 2.45) is 4.99 Å². The van der Waals surface area contributed by atoms with E-state index in [1.807, 2.05) is 31.2 Å². The first-order valence-electron chi connectivity index (χ1n) is 8.01. The Morgan fingerprint density at radius 3 is 2.71 bits per heavy atom. The van der Waals surface area contributed by atoms with Gasteiger partial charge in [-0.05, 0) is 37.5 Å². The van der Waals surface area contributed by atoms with Crippen molar-refractivity contribution in [3.63, 3.8) is 0 Å². The first kappa shape index (κ1) is 23.4. The number of hydrogen-bond donors (Lipinski definition) is 2. The van der Waals surface area contributed by atoms with Gasteiger partial charge in [-0.3, -0.25) is 4.99 Å². The molecular formula is C17H29ClIN3O2. The summed E-state index contributed by atoms with van der Waals surface area (Å²) in [5, 5.41) is 7.28. The number of guanidine groups is 1. The largest absolute Gasteiger partial charge is 0.382 e. The average molecular weight is 470 g/mol. The number of benzene rings is 1. The SMILES string of the molecule is CCOCCCCNC(=NC)NCC(OC)c1cccc(Cl)c1.I. The molecule has 0 aromatic heterocycles. The summed E-state index contributed by atoms with van der Waals surface area (Å²) in [4.78, 5) is 4.22. The van der Waals surface area contributed by atoms with E-state index in [2.05, 4.69) is 15.6 Å². The molecule has 1 rings (SSSR count). The summed E-state index contributed by atoms with van der Waals surface area (Å²) in [7, 11) is 3.45. The molecule has 1 unspecified atom stereocenters. The number of ether oxygens (including phenoxy) is 2. The van der Waals surface area contributed by atoms with Gasteiger partial charge in [-0.2, -0.15) is 0 Å². The predicted octanol–water partition coefficient (Wildman–Crippen LogP) is 3.63. The molecule has 0 saturated heterocycles. The summed E-state index contributed by atoms with van der Waals surface area (Å²) in [6, 6.07) is 7.70. The molecule has 0 aliphatic heterocycles. The predicted molar refractivity (Wildman–Crippen MR) is 112 cm³/mol. The molecule has 7 heteroatoms. The van der Waals surface area contributed by atoms with Gasteiger partial charge in [0.15, 0.2) is 5.96 Å². The Morgan fingerprint density at radius 1 is 1.29 bits per heavy atom. The molecule has 1 aromatic carbocycles. The Hall–Kier alpha value is -0.570. The molecule has 0 aliphatic carbocycles. The summed E-state index contributed by atoms with van der Waals surface area (Å²) >= 11 is 6.03. The second-order valence-electron chi connectivity index (χ2n) is 5.06. The highest BCUT2D eigenvalue weighted by molar-refractivity contribution is 14.0. The van der Waals surface area contributed by atoms with Gasteiger partial charge in [-0.15, -0.1) is 24.0 Å². The molecule has 0 saturated carbocycles. The molecule has 138 valence electrons. The molecule has 24 heavy (non-hydrogen) atoms. The van der Waals surface area contributed by atoms with Gasteiger partial charge in [-0.25, -0.2) is 0 Å². The molecule has 2 N–H and O–H groups in total. The number of methoxy groups -OCH3 is 1. The summed E-state index contributed by atoms with van der Waals surface area (Å²) in [5.74, 6) is 0.769. The van der Waals surface area contributed by atoms with E-state index < -0.39 is 0 Å². The molecule has 5 nitrogen and oxygen atoms in total. The zero-order chi connectivity index (χ0) is 16.9. The molecule has 0 amide bonds. The van der Waals surface area contributed by atoms with E-state index in [-0.39, 0.29) is 30.1 Å². The lowest BCUT2D eigenvalue weighted by atomic mass is 10.1. The maximum atomic E-state index is 6.03. The zero-order valence-electron chi connectivity index (χ0n) is 14.7. The summed E-state index contributed by atoms with van der Waals surface area (Å²) < 4.78 is 10.9. The van der Waals surface area contributed by atoms with Crippen molar-refractivity contribution in [3.8, 4) is 0 Å². The molecule has 0 aliphatic rings. The normalized spacial score (nSPS) is 12.4. The average Bonchev–Trinajstić information content (AvgIpc) is 2.56. The Morgan fingerprint density at radius 2 is 2.08 bits per heavy atom. The number of halogens is 2. The number of hydrogen-bond acceptors (Lipinski definition) is 3. The zero-order valence-corrected chi connectivity index (χ0v) is 17.8. The highest BCUT2D eigenvalue weighted by atomic mass is 127. The van der Waals surface area contributed by atoms with E-state index in [1.54, 1.807) is 14.2 Å². The van der Waals surface area contributed by atoms with Gasteiger partial charge in [-0.1, -0.05) is 23.7 Å². The highest BCUT2D eigenvalue weighted by Gasteiger charge is 2.11. The van der Waals surface area contributed by atoms with Gasteiger partial charge in [0.25, 0.3) is 0 Å². The van der Waals surface area contributed by atoms with Gasteiger partial charge < -0.3 is 20.1 Å². The standard InChI is InChI=1S/C17H28ClN3O2.HI/c1-4-23-11-6-5-10-20-17(19-2)21-13-16(22-3)14-8-7-9-15(18)12-14;/h7-9,12,16H,4-6,10-11,13H2,1-3H3,(H2,19,20,21);1H. The van der Waals surface area contributed by atoms with Crippen molar-refractivity contribution >= 4 is 41.5 Å². The minimum absolute atomic E-state index is 0. The van der Waals surface area contributed by atoms with Crippen LogP contribution in [-0.4, -0.2) is 46.4 Å². The van der Waals surface area contributed by atoms with Crippen molar-refractivity contribution in [3.05, 3.63) is 34.9 Å². The molecule has 0 spiro atoms. The van der Waals surface area contributed by atoms with Crippen molar-refractivity contribution in [1.29, 1.82) is 0 Å². The third-order valence-electron chi connectivity index (χ3n) is 3.40. The highest BCUT2D eigenvalue weighted by Crippen LogP contribution is 2.19. The fourth-order valence-electron chi connectivity index (χ4n) is 2.13. The van der Waals surface area contributed by atoms with Crippen LogP contribution in [0, 0.1) is 0 Å². The van der Waals surface area contributed by atoms with Crippen molar-refractivity contribution in [2.45, 2.75) is 25.9 Å². The van der Waals surface area contributed by atoms with Crippen LogP contribution in [0.25, 0.3) is 0 Å². The number of unbranched alkanes of at least 4 members (excludes halogenated alkanes) is 1. The Balaban J connectivity index is 0.00000529. The van der Waals surface area contributed by atoms with Crippen molar-refractivity contribution in [2.75, 3.05) is 40.5 Å². The molecular weight excluding hydrogens is 441 g/mol. The maximum absolute atomic E-state index is 6.03. The number of nitrogens with one attached hydrogen (secondary N) is 2. The summed E-state index contributed by atoms with van der Waals surface area (Å²) in [5.41, 5.74) is 1.04. The Kier molecular flexibility index (Phi) is 14.4. The van der Waals surface area contributed by atoms with Crippen LogP contribution in [0.2, 0.25) is 5.02 Å². The Bertz CT molecular complexity index is 475. The fourth-order valence-corrected chi connectivity index (χ4v) is 2.33. The van der Waals surface area contributed by atoms with Gasteiger partial charge in [0.05, 0.1) is 6.10 Å². The summed E-state index contributed by atoms with van der Waals surface area (Å²) in [6.45, 7) is 5.08. The topological polar surface area (TPSA) is 54.9 Å². The van der Waals surface area contributed by atoms with Crippen LogP contribution in [-0.2, 0) is 9.47 Å². The van der Waals surface area contributed by atoms with Gasteiger partial charge in [0.1, 0.15) is 0 Å². The molecule has 0 bridgehead atoms. The minimum atomic E-state index is -0.0785. The van der Waals surface area contributed by atoms with E-state index in [9.17, 15) is 0 Å². The van der Waals surface area contributed by atoms with E-state index in [0.29, 0.717) is 11.6 Å². The monoisotopic (exact) mass is 469 g/mol. The fraction of sp³-hybridized carbons (Fsp3) is 0.588. The lowest BCUT2D eigenvalue weighted by molar-refractivity contribution is 0.106. The number of nitrogens with zero attached hydrogens (tertiary/aromatic N) is 1.